The van der Waals surface area contributed by atoms with Crippen LogP contribution in [0.2, 0.25) is 5.02 Å². The Morgan fingerprint density at radius 3 is 2.79 bits per heavy atom. The average molecular weight is 556 g/mol. The molecule has 2 aliphatic rings. The molecule has 0 amide bonds. The van der Waals surface area contributed by atoms with Gasteiger partial charge in [0.1, 0.15) is 0 Å². The van der Waals surface area contributed by atoms with Crippen molar-refractivity contribution in [3.63, 3.8) is 0 Å². The minimum Gasteiger partial charge on any atom is -0.369 e. The maximum Gasteiger partial charge on any atom is 0.211 e. The summed E-state index contributed by atoms with van der Waals surface area (Å²) in [5.41, 5.74) is 1.13. The molecule has 2 N–H and O–H groups in total. The molecule has 2 atom stereocenters. The van der Waals surface area contributed by atoms with Crippen LogP contribution in [0.1, 0.15) is 26.2 Å². The number of guanidine groups is 1. The Bertz CT molecular complexity index is 808. The van der Waals surface area contributed by atoms with Gasteiger partial charge in [-0.05, 0) is 44.4 Å². The zero-order valence-electron chi connectivity index (χ0n) is 17.0. The van der Waals surface area contributed by atoms with E-state index in [9.17, 15) is 8.42 Å². The molecule has 7 nitrogen and oxygen atoms in total. The second-order valence-corrected chi connectivity index (χ2v) is 9.82. The quantitative estimate of drug-likeness (QED) is 0.321. The van der Waals surface area contributed by atoms with Gasteiger partial charge in [0.05, 0.1) is 12.8 Å². The summed E-state index contributed by atoms with van der Waals surface area (Å²) in [6.45, 7) is 5.71. The van der Waals surface area contributed by atoms with E-state index >= 15 is 0 Å². The second kappa shape index (κ2) is 11.0. The van der Waals surface area contributed by atoms with Crippen molar-refractivity contribution in [2.75, 3.05) is 43.9 Å². The van der Waals surface area contributed by atoms with Crippen molar-refractivity contribution in [3.05, 3.63) is 29.3 Å². The average Bonchev–Trinajstić information content (AvgIpc) is 3.29. The number of benzene rings is 1. The van der Waals surface area contributed by atoms with Crippen LogP contribution >= 0.6 is 35.6 Å². The number of hydrogen-bond donors (Lipinski definition) is 2. The van der Waals surface area contributed by atoms with E-state index in [-0.39, 0.29) is 36.1 Å². The fourth-order valence-electron chi connectivity index (χ4n) is 3.92. The number of halogens is 2. The first-order valence-electron chi connectivity index (χ1n) is 9.89. The maximum absolute atomic E-state index is 11.9. The Morgan fingerprint density at radius 2 is 2.10 bits per heavy atom. The highest BCUT2D eigenvalue weighted by molar-refractivity contribution is 14.0. The maximum atomic E-state index is 11.9. The third-order valence-corrected chi connectivity index (χ3v) is 6.82. The fourth-order valence-corrected chi connectivity index (χ4v) is 5.28. The molecule has 0 bridgehead atoms. The number of hydrogen-bond acceptors (Lipinski definition) is 4. The highest BCUT2D eigenvalue weighted by atomic mass is 127. The second-order valence-electron chi connectivity index (χ2n) is 7.45. The van der Waals surface area contributed by atoms with Crippen LogP contribution in [-0.4, -0.2) is 69.7 Å². The Kier molecular flexibility index (Phi) is 9.30. The molecule has 3 rings (SSSR count). The van der Waals surface area contributed by atoms with Crippen molar-refractivity contribution in [2.24, 2.45) is 4.99 Å². The highest BCUT2D eigenvalue weighted by Gasteiger charge is 2.31. The summed E-state index contributed by atoms with van der Waals surface area (Å²) in [5, 5.41) is 7.53. The first-order valence-corrected chi connectivity index (χ1v) is 12.1. The monoisotopic (exact) mass is 555 g/mol. The number of rotatable bonds is 6. The zero-order chi connectivity index (χ0) is 20.1. The van der Waals surface area contributed by atoms with Crippen LogP contribution in [0.4, 0.5) is 5.69 Å². The lowest BCUT2D eigenvalue weighted by Crippen LogP contribution is -2.45. The van der Waals surface area contributed by atoms with Crippen molar-refractivity contribution in [1.82, 2.24) is 14.9 Å². The Labute approximate surface area is 196 Å². The van der Waals surface area contributed by atoms with Crippen LogP contribution in [0.25, 0.3) is 0 Å². The lowest BCUT2D eigenvalue weighted by atomic mass is 10.2. The molecule has 0 aliphatic carbocycles. The molecule has 1 aromatic rings. The standard InChI is InChI=1S/C19H30ClN5O2S.HI/c1-3-21-19(22-13-18-8-5-10-25(18)28(2,26)27)23-16-9-11-24(14-16)17-7-4-6-15(20)12-17;/h4,6-7,12,16,18H,3,5,8-11,13-14H2,1-2H3,(H2,21,22,23);1H/t16?,18-;/m1./s1. The van der Waals surface area contributed by atoms with Crippen LogP contribution in [0.3, 0.4) is 0 Å². The minimum atomic E-state index is -3.17. The summed E-state index contributed by atoms with van der Waals surface area (Å²) in [5.74, 6) is 0.751. The number of aliphatic imine (C=N–C) groups is 1. The lowest BCUT2D eigenvalue weighted by molar-refractivity contribution is 0.396. The number of nitrogens with zero attached hydrogens (tertiary/aromatic N) is 3. The van der Waals surface area contributed by atoms with Gasteiger partial charge in [-0.3, -0.25) is 4.99 Å². The van der Waals surface area contributed by atoms with Crippen LogP contribution in [-0.2, 0) is 10.0 Å². The van der Waals surface area contributed by atoms with Crippen LogP contribution in [0, 0.1) is 0 Å². The van der Waals surface area contributed by atoms with Crippen LogP contribution in [0.15, 0.2) is 29.3 Å². The van der Waals surface area contributed by atoms with Gasteiger partial charge in [0.15, 0.2) is 5.96 Å². The summed E-state index contributed by atoms with van der Waals surface area (Å²) in [6.07, 6.45) is 4.05. The molecule has 2 saturated heterocycles. The normalized spacial score (nSPS) is 23.1. The van der Waals surface area contributed by atoms with Gasteiger partial charge in [-0.15, -0.1) is 24.0 Å². The smallest absolute Gasteiger partial charge is 0.211 e. The zero-order valence-corrected chi connectivity index (χ0v) is 20.9. The van der Waals surface area contributed by atoms with Crippen molar-refractivity contribution < 1.29 is 8.42 Å². The highest BCUT2D eigenvalue weighted by Crippen LogP contribution is 2.23. The van der Waals surface area contributed by atoms with Gasteiger partial charge >= 0.3 is 0 Å². The van der Waals surface area contributed by atoms with E-state index < -0.39 is 10.0 Å². The molecule has 1 aromatic carbocycles. The van der Waals surface area contributed by atoms with E-state index in [1.807, 2.05) is 25.1 Å². The molecule has 0 aromatic heterocycles. The Hall–Kier alpha value is -0.780. The SMILES string of the molecule is CCNC(=NC[C@H]1CCCN1S(C)(=O)=O)NC1CCN(c2cccc(Cl)c2)C1.I. The van der Waals surface area contributed by atoms with E-state index in [4.69, 9.17) is 11.6 Å². The topological polar surface area (TPSA) is 77.0 Å². The van der Waals surface area contributed by atoms with E-state index in [1.165, 1.54) is 6.26 Å². The van der Waals surface area contributed by atoms with Crippen LogP contribution in [0.5, 0.6) is 0 Å². The van der Waals surface area contributed by atoms with Crippen molar-refractivity contribution in [1.29, 1.82) is 0 Å². The number of anilines is 1. The predicted molar refractivity (Wildman–Crippen MR) is 131 cm³/mol. The van der Waals surface area contributed by atoms with Gasteiger partial charge in [0.2, 0.25) is 10.0 Å². The molecule has 164 valence electrons. The summed E-state index contributed by atoms with van der Waals surface area (Å²) >= 11 is 6.11. The fraction of sp³-hybridized carbons (Fsp3) is 0.632. The van der Waals surface area contributed by atoms with Gasteiger partial charge < -0.3 is 15.5 Å². The van der Waals surface area contributed by atoms with E-state index in [1.54, 1.807) is 4.31 Å². The summed E-state index contributed by atoms with van der Waals surface area (Å²) < 4.78 is 25.4. The molecule has 10 heteroatoms. The summed E-state index contributed by atoms with van der Waals surface area (Å²) in [6, 6.07) is 8.16. The third-order valence-electron chi connectivity index (χ3n) is 5.26. The van der Waals surface area contributed by atoms with E-state index in [0.29, 0.717) is 13.1 Å². The first kappa shape index (κ1) is 24.5. The molecule has 2 aliphatic heterocycles. The molecule has 0 saturated carbocycles. The van der Waals surface area contributed by atoms with Gasteiger partial charge in [0.25, 0.3) is 0 Å². The molecule has 1 unspecified atom stereocenters. The molecule has 2 fully saturated rings. The summed E-state index contributed by atoms with van der Waals surface area (Å²) in [7, 11) is -3.17. The van der Waals surface area contributed by atoms with Crippen molar-refractivity contribution >= 4 is 57.2 Å². The molecule has 0 spiro atoms. The predicted octanol–water partition coefficient (Wildman–Crippen LogP) is 2.52. The van der Waals surface area contributed by atoms with Gasteiger partial charge in [0, 0.05) is 49.0 Å². The molecular weight excluding hydrogens is 525 g/mol. The van der Waals surface area contributed by atoms with E-state index in [0.717, 1.165) is 55.6 Å². The minimum absolute atomic E-state index is 0. The molecule has 29 heavy (non-hydrogen) atoms. The molecule has 2 heterocycles. The molecular formula is C19H31ClIN5O2S. The van der Waals surface area contributed by atoms with Crippen LogP contribution < -0.4 is 15.5 Å². The summed E-state index contributed by atoms with van der Waals surface area (Å²) in [4.78, 5) is 7.00. The number of sulfonamides is 1. The molecule has 0 radical (unpaired) electrons. The number of nitrogens with one attached hydrogen (secondary N) is 2. The van der Waals surface area contributed by atoms with Gasteiger partial charge in [-0.25, -0.2) is 8.42 Å². The van der Waals surface area contributed by atoms with Gasteiger partial charge in [-0.1, -0.05) is 17.7 Å². The third kappa shape index (κ3) is 6.86. The first-order chi connectivity index (χ1) is 13.4. The van der Waals surface area contributed by atoms with Crippen molar-refractivity contribution in [3.8, 4) is 0 Å². The largest absolute Gasteiger partial charge is 0.369 e. The van der Waals surface area contributed by atoms with Crippen molar-refractivity contribution in [2.45, 2.75) is 38.3 Å². The lowest BCUT2D eigenvalue weighted by Gasteiger charge is -2.22. The Morgan fingerprint density at radius 1 is 1.31 bits per heavy atom. The van der Waals surface area contributed by atoms with E-state index in [2.05, 4.69) is 26.6 Å². The van der Waals surface area contributed by atoms with Gasteiger partial charge in [-0.2, -0.15) is 4.31 Å². The Balaban J connectivity index is 0.00000300.